The fraction of sp³-hybridized carbons (Fsp3) is 0.333. The van der Waals surface area contributed by atoms with Gasteiger partial charge >= 0.3 is 0 Å². The van der Waals surface area contributed by atoms with Crippen molar-refractivity contribution in [2.75, 3.05) is 0 Å². The van der Waals surface area contributed by atoms with Crippen molar-refractivity contribution in [3.05, 3.63) is 66.3 Å². The standard InChI is InChI=1S/C18H22/c1-2-4-6-9-13-17(14-10-7-5-3-1)18-15-11-8-12-16-18/h2,4,6,8-9,11-13,15-16H,1,3,5,7,10,14H2/b4-2?,9-6?,17-13-. The Labute approximate surface area is 111 Å². The first kappa shape index (κ1) is 12.9. The lowest BCUT2D eigenvalue weighted by molar-refractivity contribution is 0.655. The molecule has 0 saturated carbocycles. The first-order chi connectivity index (χ1) is 8.97. The van der Waals surface area contributed by atoms with Crippen LogP contribution in [0.2, 0.25) is 0 Å². The van der Waals surface area contributed by atoms with Crippen molar-refractivity contribution >= 4 is 5.57 Å². The summed E-state index contributed by atoms with van der Waals surface area (Å²) in [5, 5.41) is 0. The molecule has 0 aromatic heterocycles. The molecule has 2 rings (SSSR count). The van der Waals surface area contributed by atoms with Gasteiger partial charge in [0.15, 0.2) is 0 Å². The molecular weight excluding hydrogens is 216 g/mol. The summed E-state index contributed by atoms with van der Waals surface area (Å²) in [6.45, 7) is 0. The topological polar surface area (TPSA) is 0 Å². The molecule has 0 atom stereocenters. The molecule has 1 aromatic carbocycles. The van der Waals surface area contributed by atoms with Crippen LogP contribution >= 0.6 is 0 Å². The fourth-order valence-corrected chi connectivity index (χ4v) is 2.32. The van der Waals surface area contributed by atoms with Crippen LogP contribution in [-0.2, 0) is 0 Å². The van der Waals surface area contributed by atoms with E-state index in [1.54, 1.807) is 0 Å². The molecule has 0 heteroatoms. The molecule has 1 aliphatic rings. The van der Waals surface area contributed by atoms with E-state index >= 15 is 0 Å². The van der Waals surface area contributed by atoms with Crippen LogP contribution in [0.4, 0.5) is 0 Å². The highest BCUT2D eigenvalue weighted by molar-refractivity contribution is 5.66. The molecule has 0 bridgehead atoms. The van der Waals surface area contributed by atoms with E-state index < -0.39 is 0 Å². The van der Waals surface area contributed by atoms with Gasteiger partial charge in [-0.25, -0.2) is 0 Å². The van der Waals surface area contributed by atoms with Gasteiger partial charge < -0.3 is 0 Å². The Morgan fingerprint density at radius 3 is 2.44 bits per heavy atom. The quantitative estimate of drug-likeness (QED) is 0.603. The average molecular weight is 238 g/mol. The first-order valence-electron chi connectivity index (χ1n) is 7.04. The van der Waals surface area contributed by atoms with E-state index in [4.69, 9.17) is 0 Å². The van der Waals surface area contributed by atoms with E-state index in [0.717, 1.165) is 0 Å². The van der Waals surface area contributed by atoms with Crippen molar-refractivity contribution in [1.29, 1.82) is 0 Å². The second-order valence-electron chi connectivity index (χ2n) is 4.82. The second-order valence-corrected chi connectivity index (χ2v) is 4.82. The number of rotatable bonds is 1. The lowest BCUT2D eigenvalue weighted by Gasteiger charge is -2.07. The normalized spacial score (nSPS) is 20.6. The molecule has 18 heavy (non-hydrogen) atoms. The van der Waals surface area contributed by atoms with Gasteiger partial charge in [-0.2, -0.15) is 0 Å². The zero-order valence-electron chi connectivity index (χ0n) is 11.0. The van der Waals surface area contributed by atoms with Gasteiger partial charge in [-0.3, -0.25) is 0 Å². The van der Waals surface area contributed by atoms with Crippen molar-refractivity contribution in [2.24, 2.45) is 0 Å². The number of allylic oxidation sites excluding steroid dienone is 6. The molecular formula is C18H22. The third-order valence-electron chi connectivity index (χ3n) is 3.37. The summed E-state index contributed by atoms with van der Waals surface area (Å²) >= 11 is 0. The highest BCUT2D eigenvalue weighted by atomic mass is 14.1. The monoisotopic (exact) mass is 238 g/mol. The van der Waals surface area contributed by atoms with Gasteiger partial charge in [0.1, 0.15) is 0 Å². The zero-order chi connectivity index (χ0) is 12.5. The molecule has 94 valence electrons. The molecule has 0 N–H and O–H groups in total. The number of benzene rings is 1. The van der Waals surface area contributed by atoms with E-state index in [1.807, 2.05) is 0 Å². The van der Waals surface area contributed by atoms with Gasteiger partial charge in [0.2, 0.25) is 0 Å². The van der Waals surface area contributed by atoms with Gasteiger partial charge in [-0.1, -0.05) is 73.6 Å². The maximum Gasteiger partial charge on any atom is -0.0225 e. The molecule has 0 unspecified atom stereocenters. The van der Waals surface area contributed by atoms with Crippen molar-refractivity contribution in [2.45, 2.75) is 38.5 Å². The molecule has 1 aliphatic carbocycles. The third kappa shape index (κ3) is 4.37. The van der Waals surface area contributed by atoms with Gasteiger partial charge in [-0.15, -0.1) is 0 Å². The molecule has 0 amide bonds. The molecule has 0 saturated heterocycles. The van der Waals surface area contributed by atoms with Crippen molar-refractivity contribution in [3.8, 4) is 0 Å². The van der Waals surface area contributed by atoms with Crippen molar-refractivity contribution in [3.63, 3.8) is 0 Å². The van der Waals surface area contributed by atoms with E-state index in [0.29, 0.717) is 0 Å². The van der Waals surface area contributed by atoms with Crippen LogP contribution in [0.5, 0.6) is 0 Å². The lowest BCUT2D eigenvalue weighted by Crippen LogP contribution is -1.86. The minimum absolute atomic E-state index is 1.19. The highest BCUT2D eigenvalue weighted by Gasteiger charge is 2.00. The van der Waals surface area contributed by atoms with Gasteiger partial charge in [-0.05, 0) is 36.8 Å². The molecule has 0 heterocycles. The third-order valence-corrected chi connectivity index (χ3v) is 3.37. The fourth-order valence-electron chi connectivity index (χ4n) is 2.32. The maximum atomic E-state index is 2.27. The maximum absolute atomic E-state index is 2.27. The van der Waals surface area contributed by atoms with Gasteiger partial charge in [0.25, 0.3) is 0 Å². The Kier molecular flexibility index (Phi) is 5.52. The summed E-state index contributed by atoms with van der Waals surface area (Å²) < 4.78 is 0. The minimum atomic E-state index is 1.19. The molecule has 0 nitrogen and oxygen atoms in total. The summed E-state index contributed by atoms with van der Waals surface area (Å²) in [4.78, 5) is 0. The Hall–Kier alpha value is -1.56. The number of hydrogen-bond donors (Lipinski definition) is 0. The smallest absolute Gasteiger partial charge is 0.0225 e. The van der Waals surface area contributed by atoms with Crippen molar-refractivity contribution < 1.29 is 0 Å². The van der Waals surface area contributed by atoms with E-state index in [2.05, 4.69) is 60.7 Å². The Bertz CT molecular complexity index is 421. The summed E-state index contributed by atoms with van der Waals surface area (Å²) in [5.41, 5.74) is 2.82. The molecule has 0 fully saturated rings. The first-order valence-corrected chi connectivity index (χ1v) is 7.04. The predicted octanol–water partition coefficient (Wildman–Crippen LogP) is 5.54. The molecule has 0 aliphatic heterocycles. The average Bonchev–Trinajstić information content (AvgIpc) is 2.40. The van der Waals surface area contributed by atoms with Crippen LogP contribution in [0.1, 0.15) is 44.1 Å². The predicted molar refractivity (Wildman–Crippen MR) is 80.4 cm³/mol. The van der Waals surface area contributed by atoms with Crippen LogP contribution < -0.4 is 0 Å². The number of hydrogen-bond acceptors (Lipinski definition) is 0. The van der Waals surface area contributed by atoms with Crippen LogP contribution in [0.15, 0.2) is 60.7 Å². The van der Waals surface area contributed by atoms with Crippen LogP contribution in [0, 0.1) is 0 Å². The van der Waals surface area contributed by atoms with Crippen molar-refractivity contribution in [1.82, 2.24) is 0 Å². The molecule has 1 aromatic rings. The molecule has 0 spiro atoms. The SMILES string of the molecule is C1=C/C=C(\c2ccccc2)CCCCCCC=C1. The van der Waals surface area contributed by atoms with Gasteiger partial charge in [0.05, 0.1) is 0 Å². The summed E-state index contributed by atoms with van der Waals surface area (Å²) in [7, 11) is 0. The summed E-state index contributed by atoms with van der Waals surface area (Å²) in [6.07, 6.45) is 18.8. The Morgan fingerprint density at radius 1 is 0.722 bits per heavy atom. The van der Waals surface area contributed by atoms with E-state index in [1.165, 1.54) is 49.7 Å². The van der Waals surface area contributed by atoms with Crippen LogP contribution in [-0.4, -0.2) is 0 Å². The van der Waals surface area contributed by atoms with E-state index in [9.17, 15) is 0 Å². The lowest BCUT2D eigenvalue weighted by atomic mass is 9.98. The highest BCUT2D eigenvalue weighted by Crippen LogP contribution is 2.22. The molecule has 0 radical (unpaired) electrons. The second kappa shape index (κ2) is 7.71. The van der Waals surface area contributed by atoms with Crippen LogP contribution in [0.3, 0.4) is 0 Å². The van der Waals surface area contributed by atoms with Crippen LogP contribution in [0.25, 0.3) is 5.57 Å². The zero-order valence-corrected chi connectivity index (χ0v) is 11.0. The summed E-state index contributed by atoms with van der Waals surface area (Å²) in [5.74, 6) is 0. The van der Waals surface area contributed by atoms with Gasteiger partial charge in [0, 0.05) is 0 Å². The summed E-state index contributed by atoms with van der Waals surface area (Å²) in [6, 6.07) is 10.7. The Morgan fingerprint density at radius 2 is 1.56 bits per heavy atom. The largest absolute Gasteiger partial charge is 0.0845 e. The van der Waals surface area contributed by atoms with E-state index in [-0.39, 0.29) is 0 Å². The Balaban J connectivity index is 2.13. The minimum Gasteiger partial charge on any atom is -0.0845 e.